The maximum atomic E-state index is 12.3. The van der Waals surface area contributed by atoms with Gasteiger partial charge in [0.1, 0.15) is 0 Å². The number of hydrogen-bond acceptors (Lipinski definition) is 4. The molecule has 1 aromatic carbocycles. The van der Waals surface area contributed by atoms with Gasteiger partial charge in [0.15, 0.2) is 0 Å². The van der Waals surface area contributed by atoms with Crippen LogP contribution < -0.4 is 5.73 Å². The molecule has 2 rings (SSSR count). The van der Waals surface area contributed by atoms with Crippen molar-refractivity contribution >= 4 is 11.6 Å². The van der Waals surface area contributed by atoms with Crippen molar-refractivity contribution in [2.45, 2.75) is 31.8 Å². The van der Waals surface area contributed by atoms with Crippen LogP contribution in [0.15, 0.2) is 24.3 Å². The van der Waals surface area contributed by atoms with Crippen molar-refractivity contribution in [1.29, 1.82) is 0 Å². The Morgan fingerprint density at radius 2 is 2.15 bits per heavy atom. The second kappa shape index (κ2) is 6.00. The van der Waals surface area contributed by atoms with E-state index >= 15 is 0 Å². The van der Waals surface area contributed by atoms with E-state index in [0.29, 0.717) is 5.56 Å². The highest BCUT2D eigenvalue weighted by Gasteiger charge is 2.32. The minimum Gasteiger partial charge on any atom is -0.341 e. The molecule has 1 fully saturated rings. The third kappa shape index (κ3) is 2.96. The molecule has 108 valence electrons. The highest BCUT2D eigenvalue weighted by molar-refractivity contribution is 5.79. The third-order valence-corrected chi connectivity index (χ3v) is 3.86. The van der Waals surface area contributed by atoms with E-state index in [9.17, 15) is 14.9 Å². The molecule has 0 aliphatic heterocycles. The van der Waals surface area contributed by atoms with Crippen LogP contribution in [0.1, 0.15) is 24.8 Å². The summed E-state index contributed by atoms with van der Waals surface area (Å²) in [6.07, 6.45) is 2.65. The van der Waals surface area contributed by atoms with Gasteiger partial charge in [-0.15, -0.1) is 0 Å². The predicted molar refractivity (Wildman–Crippen MR) is 74.9 cm³/mol. The minimum absolute atomic E-state index is 0.0202. The fourth-order valence-corrected chi connectivity index (χ4v) is 2.73. The minimum atomic E-state index is -0.422. The summed E-state index contributed by atoms with van der Waals surface area (Å²) in [6, 6.07) is 6.40. The fraction of sp³-hybridized carbons (Fsp3) is 0.500. The van der Waals surface area contributed by atoms with E-state index in [2.05, 4.69) is 0 Å². The summed E-state index contributed by atoms with van der Waals surface area (Å²) >= 11 is 0. The number of amides is 1. The summed E-state index contributed by atoms with van der Waals surface area (Å²) in [5.41, 5.74) is 6.52. The Morgan fingerprint density at radius 3 is 2.75 bits per heavy atom. The normalized spacial score (nSPS) is 21.7. The molecular formula is C14H19N3O3. The van der Waals surface area contributed by atoms with Gasteiger partial charge in [-0.2, -0.15) is 0 Å². The van der Waals surface area contributed by atoms with Crippen LogP contribution in [0.25, 0.3) is 0 Å². The molecule has 1 saturated carbocycles. The number of nitro benzene ring substituents is 1. The van der Waals surface area contributed by atoms with E-state index in [4.69, 9.17) is 5.73 Å². The number of benzene rings is 1. The number of nitrogens with zero attached hydrogens (tertiary/aromatic N) is 2. The Kier molecular flexibility index (Phi) is 4.34. The number of carbonyl (C=O) groups is 1. The monoisotopic (exact) mass is 277 g/mol. The first-order valence-electron chi connectivity index (χ1n) is 6.73. The molecule has 1 aliphatic carbocycles. The van der Waals surface area contributed by atoms with E-state index in [0.717, 1.165) is 19.3 Å². The van der Waals surface area contributed by atoms with Crippen molar-refractivity contribution in [1.82, 2.24) is 4.90 Å². The first-order chi connectivity index (χ1) is 9.50. The van der Waals surface area contributed by atoms with Gasteiger partial charge in [0.2, 0.25) is 5.91 Å². The Labute approximate surface area is 117 Å². The third-order valence-electron chi connectivity index (χ3n) is 3.86. The molecule has 6 nitrogen and oxygen atoms in total. The molecule has 0 aromatic heterocycles. The Bertz CT molecular complexity index is 518. The highest BCUT2D eigenvalue weighted by atomic mass is 16.6. The summed E-state index contributed by atoms with van der Waals surface area (Å²) in [4.78, 5) is 24.4. The lowest BCUT2D eigenvalue weighted by Crippen LogP contribution is -2.39. The molecule has 6 heteroatoms. The van der Waals surface area contributed by atoms with Crippen LogP contribution in [-0.4, -0.2) is 28.8 Å². The van der Waals surface area contributed by atoms with Crippen LogP contribution in [0, 0.1) is 16.0 Å². The maximum absolute atomic E-state index is 12.3. The smallest absolute Gasteiger partial charge is 0.274 e. The summed E-state index contributed by atoms with van der Waals surface area (Å²) in [7, 11) is 1.67. The Morgan fingerprint density at radius 1 is 1.45 bits per heavy atom. The number of carbonyl (C=O) groups excluding carboxylic acids is 1. The van der Waals surface area contributed by atoms with Crippen molar-refractivity contribution in [3.8, 4) is 0 Å². The van der Waals surface area contributed by atoms with Gasteiger partial charge < -0.3 is 10.6 Å². The molecular weight excluding hydrogens is 258 g/mol. The van der Waals surface area contributed by atoms with Gasteiger partial charge in [-0.05, 0) is 12.8 Å². The largest absolute Gasteiger partial charge is 0.341 e. The quantitative estimate of drug-likeness (QED) is 0.669. The van der Waals surface area contributed by atoms with Crippen LogP contribution in [0.5, 0.6) is 0 Å². The number of para-hydroxylation sites is 1. The standard InChI is InChI=1S/C14H19N3O3/c1-16(14(18)11-6-4-7-12(11)15)9-10-5-2-3-8-13(10)17(19)20/h2-3,5,8,11-12H,4,6-7,9,15H2,1H3. The molecule has 2 unspecified atom stereocenters. The molecule has 0 spiro atoms. The number of rotatable bonds is 4. The highest BCUT2D eigenvalue weighted by Crippen LogP contribution is 2.27. The van der Waals surface area contributed by atoms with Crippen LogP contribution in [0.3, 0.4) is 0 Å². The Balaban J connectivity index is 2.10. The average molecular weight is 277 g/mol. The molecule has 20 heavy (non-hydrogen) atoms. The van der Waals surface area contributed by atoms with Crippen molar-refractivity contribution in [2.75, 3.05) is 7.05 Å². The van der Waals surface area contributed by atoms with Gasteiger partial charge in [-0.25, -0.2) is 0 Å². The van der Waals surface area contributed by atoms with Gasteiger partial charge in [0, 0.05) is 24.7 Å². The Hall–Kier alpha value is -1.95. The van der Waals surface area contributed by atoms with Crippen LogP contribution in [-0.2, 0) is 11.3 Å². The molecule has 0 radical (unpaired) electrons. The zero-order valence-corrected chi connectivity index (χ0v) is 11.5. The van der Waals surface area contributed by atoms with Crippen molar-refractivity contribution in [3.05, 3.63) is 39.9 Å². The summed E-state index contributed by atoms with van der Waals surface area (Å²) < 4.78 is 0. The number of nitro groups is 1. The van der Waals surface area contributed by atoms with Crippen LogP contribution in [0.2, 0.25) is 0 Å². The van der Waals surface area contributed by atoms with E-state index in [1.165, 1.54) is 11.0 Å². The molecule has 0 bridgehead atoms. The zero-order valence-electron chi connectivity index (χ0n) is 11.5. The molecule has 1 aromatic rings. The second-order valence-electron chi connectivity index (χ2n) is 5.28. The van der Waals surface area contributed by atoms with Crippen molar-refractivity contribution in [2.24, 2.45) is 11.7 Å². The zero-order chi connectivity index (χ0) is 14.7. The summed E-state index contributed by atoms with van der Waals surface area (Å²) in [5.74, 6) is -0.170. The number of nitrogens with two attached hydrogens (primary N) is 1. The molecule has 2 N–H and O–H groups in total. The van der Waals surface area contributed by atoms with Crippen molar-refractivity contribution < 1.29 is 9.72 Å². The molecule has 0 saturated heterocycles. The average Bonchev–Trinajstić information content (AvgIpc) is 2.84. The van der Waals surface area contributed by atoms with Gasteiger partial charge in [0.05, 0.1) is 17.4 Å². The SMILES string of the molecule is CN(Cc1ccccc1[N+](=O)[O-])C(=O)C1CCCC1N. The van der Waals surface area contributed by atoms with Gasteiger partial charge in [0.25, 0.3) is 5.69 Å². The van der Waals surface area contributed by atoms with Gasteiger partial charge >= 0.3 is 0 Å². The van der Waals surface area contributed by atoms with Gasteiger partial charge in [-0.3, -0.25) is 14.9 Å². The van der Waals surface area contributed by atoms with E-state index in [1.54, 1.807) is 25.2 Å². The van der Waals surface area contributed by atoms with Crippen LogP contribution in [0.4, 0.5) is 5.69 Å². The van der Waals surface area contributed by atoms with Crippen LogP contribution >= 0.6 is 0 Å². The first-order valence-corrected chi connectivity index (χ1v) is 6.73. The van der Waals surface area contributed by atoms with Crippen molar-refractivity contribution in [3.63, 3.8) is 0 Å². The lowest BCUT2D eigenvalue weighted by molar-refractivity contribution is -0.385. The molecule has 0 heterocycles. The lowest BCUT2D eigenvalue weighted by atomic mass is 10.0. The molecule has 2 atom stereocenters. The van der Waals surface area contributed by atoms with E-state index in [-0.39, 0.29) is 30.1 Å². The predicted octanol–water partition coefficient (Wildman–Crippen LogP) is 1.68. The fourth-order valence-electron chi connectivity index (χ4n) is 2.73. The first kappa shape index (κ1) is 14.5. The maximum Gasteiger partial charge on any atom is 0.274 e. The molecule has 1 aliphatic rings. The van der Waals surface area contributed by atoms with E-state index in [1.807, 2.05) is 0 Å². The topological polar surface area (TPSA) is 89.5 Å². The van der Waals surface area contributed by atoms with Gasteiger partial charge in [-0.1, -0.05) is 24.6 Å². The summed E-state index contributed by atoms with van der Waals surface area (Å²) in [6.45, 7) is 0.235. The molecule has 1 amide bonds. The number of hydrogen-bond donors (Lipinski definition) is 1. The second-order valence-corrected chi connectivity index (χ2v) is 5.28. The van der Waals surface area contributed by atoms with E-state index < -0.39 is 4.92 Å². The lowest BCUT2D eigenvalue weighted by Gasteiger charge is -2.23. The summed E-state index contributed by atoms with van der Waals surface area (Å²) in [5, 5.41) is 11.0.